The molecule has 1 rings (SSSR count). The Kier molecular flexibility index (Phi) is 5.63. The molecule has 0 bridgehead atoms. The monoisotopic (exact) mass is 296 g/mol. The smallest absolute Gasteiger partial charge is 0.334 e. The number of rotatable bonds is 6. The number of amides is 4. The highest BCUT2D eigenvalue weighted by Gasteiger charge is 2.43. The van der Waals surface area contributed by atoms with E-state index in [9.17, 15) is 29.1 Å². The number of aliphatic hydroxyl groups excluding tert-OH is 1. The molecule has 1 N–H and O–H groups in total. The standard InChI is InChI=1S/C9H8N6O6/c16-4-10-1-13-7(19)14(2-11-5-17)9(21)15(8(13)20)3-12-6-18/h7,19H,1-3H2. The van der Waals surface area contributed by atoms with Crippen LogP contribution in [0.5, 0.6) is 0 Å². The van der Waals surface area contributed by atoms with Crippen LogP contribution in [0.3, 0.4) is 0 Å². The highest BCUT2D eigenvalue weighted by molar-refractivity contribution is 5.96. The van der Waals surface area contributed by atoms with Crippen LogP contribution in [0.1, 0.15) is 0 Å². The molecule has 1 aliphatic heterocycles. The van der Waals surface area contributed by atoms with Crippen LogP contribution in [0.4, 0.5) is 9.59 Å². The van der Waals surface area contributed by atoms with Crippen LogP contribution in [-0.2, 0) is 14.4 Å². The summed E-state index contributed by atoms with van der Waals surface area (Å²) in [7, 11) is 0. The van der Waals surface area contributed by atoms with Crippen molar-refractivity contribution in [3.05, 3.63) is 0 Å². The van der Waals surface area contributed by atoms with Crippen LogP contribution in [0.15, 0.2) is 15.0 Å². The van der Waals surface area contributed by atoms with Gasteiger partial charge in [0.25, 0.3) is 0 Å². The fourth-order valence-corrected chi connectivity index (χ4v) is 1.46. The van der Waals surface area contributed by atoms with E-state index >= 15 is 0 Å². The number of hydrogen-bond donors (Lipinski definition) is 1. The number of carbonyl (C=O) groups is 2. The summed E-state index contributed by atoms with van der Waals surface area (Å²) in [5.74, 6) is 0. The molecule has 0 saturated carbocycles. The Labute approximate surface area is 116 Å². The van der Waals surface area contributed by atoms with Crippen LogP contribution in [0.2, 0.25) is 0 Å². The first-order chi connectivity index (χ1) is 10.1. The molecule has 1 aliphatic rings. The van der Waals surface area contributed by atoms with Crippen molar-refractivity contribution in [2.24, 2.45) is 15.0 Å². The summed E-state index contributed by atoms with van der Waals surface area (Å²) in [4.78, 5) is 65.1. The number of isocyanates is 3. The number of nitrogens with zero attached hydrogens (tertiary/aromatic N) is 6. The maximum Gasteiger partial charge on any atom is 0.334 e. The van der Waals surface area contributed by atoms with Gasteiger partial charge in [-0.05, 0) is 0 Å². The number of carbonyl (C=O) groups excluding carboxylic acids is 5. The molecule has 0 aromatic carbocycles. The molecule has 110 valence electrons. The maximum atomic E-state index is 11.9. The number of urea groups is 2. The zero-order valence-electron chi connectivity index (χ0n) is 10.4. The van der Waals surface area contributed by atoms with Gasteiger partial charge in [0, 0.05) is 0 Å². The van der Waals surface area contributed by atoms with E-state index in [-0.39, 0.29) is 0 Å². The minimum Gasteiger partial charge on any atom is -0.356 e. The lowest BCUT2D eigenvalue weighted by Crippen LogP contribution is -2.66. The summed E-state index contributed by atoms with van der Waals surface area (Å²) >= 11 is 0. The van der Waals surface area contributed by atoms with Gasteiger partial charge in [0.2, 0.25) is 24.6 Å². The second-order valence-corrected chi connectivity index (χ2v) is 3.45. The normalized spacial score (nSPS) is 17.8. The molecule has 1 saturated heterocycles. The van der Waals surface area contributed by atoms with Gasteiger partial charge in [-0.1, -0.05) is 0 Å². The Morgan fingerprint density at radius 1 is 0.857 bits per heavy atom. The van der Waals surface area contributed by atoms with E-state index < -0.39 is 38.4 Å². The van der Waals surface area contributed by atoms with Crippen molar-refractivity contribution >= 4 is 30.3 Å². The molecule has 0 atom stereocenters. The second kappa shape index (κ2) is 7.43. The molecule has 12 heteroatoms. The van der Waals surface area contributed by atoms with E-state index in [2.05, 4.69) is 15.0 Å². The van der Waals surface area contributed by atoms with Crippen molar-refractivity contribution in [3.8, 4) is 0 Å². The first-order valence-electron chi connectivity index (χ1n) is 5.26. The van der Waals surface area contributed by atoms with E-state index in [1.165, 1.54) is 0 Å². The maximum absolute atomic E-state index is 11.9. The molecule has 0 aliphatic carbocycles. The van der Waals surface area contributed by atoms with Crippen LogP contribution >= 0.6 is 0 Å². The lowest BCUT2D eigenvalue weighted by atomic mass is 10.4. The number of imide groups is 1. The molecule has 21 heavy (non-hydrogen) atoms. The molecule has 4 amide bonds. The fraction of sp³-hybridized carbons (Fsp3) is 0.444. The summed E-state index contributed by atoms with van der Waals surface area (Å²) in [6, 6.07) is -2.09. The van der Waals surface area contributed by atoms with Crippen molar-refractivity contribution in [3.63, 3.8) is 0 Å². The molecule has 12 nitrogen and oxygen atoms in total. The number of hydrogen-bond acceptors (Lipinski definition) is 9. The first kappa shape index (κ1) is 15.9. The molecular weight excluding hydrogens is 288 g/mol. The van der Waals surface area contributed by atoms with E-state index in [0.29, 0.717) is 14.7 Å². The van der Waals surface area contributed by atoms with Gasteiger partial charge in [0.1, 0.15) is 20.0 Å². The van der Waals surface area contributed by atoms with Crippen LogP contribution < -0.4 is 0 Å². The Morgan fingerprint density at radius 2 is 1.24 bits per heavy atom. The Bertz CT molecular complexity index is 533. The Balaban J connectivity index is 3.11. The van der Waals surface area contributed by atoms with E-state index in [1.807, 2.05) is 0 Å². The van der Waals surface area contributed by atoms with Gasteiger partial charge >= 0.3 is 12.1 Å². The Hall–Kier alpha value is -3.16. The molecule has 0 aromatic heterocycles. The predicted molar refractivity (Wildman–Crippen MR) is 61.3 cm³/mol. The van der Waals surface area contributed by atoms with Crippen molar-refractivity contribution in [1.82, 2.24) is 14.7 Å². The molecular formula is C9H8N6O6. The highest BCUT2D eigenvalue weighted by atomic mass is 16.3. The van der Waals surface area contributed by atoms with Crippen LogP contribution in [0, 0.1) is 0 Å². The summed E-state index contributed by atoms with van der Waals surface area (Å²) in [6.07, 6.45) is 1.65. The van der Waals surface area contributed by atoms with Gasteiger partial charge in [-0.15, -0.1) is 0 Å². The SMILES string of the molecule is O=C=NCN1C(=O)N(CN=C=O)C(O)N(CN=C=O)C1=O. The third-order valence-corrected chi connectivity index (χ3v) is 2.36. The van der Waals surface area contributed by atoms with Gasteiger partial charge < -0.3 is 5.11 Å². The van der Waals surface area contributed by atoms with E-state index in [0.717, 1.165) is 18.2 Å². The van der Waals surface area contributed by atoms with Gasteiger partial charge in [0.05, 0.1) is 0 Å². The minimum absolute atomic E-state index is 0.471. The van der Waals surface area contributed by atoms with Gasteiger partial charge in [-0.3, -0.25) is 9.80 Å². The summed E-state index contributed by atoms with van der Waals surface area (Å²) < 4.78 is 0. The first-order valence-corrected chi connectivity index (χ1v) is 5.26. The molecule has 0 spiro atoms. The predicted octanol–water partition coefficient (Wildman–Crippen LogP) is -1.70. The molecule has 0 unspecified atom stereocenters. The van der Waals surface area contributed by atoms with Crippen molar-refractivity contribution in [2.75, 3.05) is 20.0 Å². The molecule has 0 aromatic rings. The van der Waals surface area contributed by atoms with Crippen molar-refractivity contribution in [1.29, 1.82) is 0 Å². The van der Waals surface area contributed by atoms with Gasteiger partial charge in [-0.2, -0.15) is 15.0 Å². The minimum atomic E-state index is -1.81. The summed E-state index contributed by atoms with van der Waals surface area (Å²) in [5, 5.41) is 9.86. The van der Waals surface area contributed by atoms with Crippen LogP contribution in [-0.4, -0.2) is 76.5 Å². The summed E-state index contributed by atoms with van der Waals surface area (Å²) in [6.45, 7) is -1.85. The average molecular weight is 296 g/mol. The highest BCUT2D eigenvalue weighted by Crippen LogP contribution is 2.17. The lowest BCUT2D eigenvalue weighted by Gasteiger charge is -2.42. The van der Waals surface area contributed by atoms with E-state index in [1.54, 1.807) is 0 Å². The lowest BCUT2D eigenvalue weighted by molar-refractivity contribution is -0.0904. The van der Waals surface area contributed by atoms with Crippen molar-refractivity contribution < 1.29 is 29.1 Å². The van der Waals surface area contributed by atoms with Crippen LogP contribution in [0.25, 0.3) is 0 Å². The van der Waals surface area contributed by atoms with Crippen molar-refractivity contribution in [2.45, 2.75) is 6.35 Å². The van der Waals surface area contributed by atoms with Gasteiger partial charge in [-0.25, -0.2) is 28.9 Å². The van der Waals surface area contributed by atoms with Gasteiger partial charge in [0.15, 0.2) is 0 Å². The Morgan fingerprint density at radius 3 is 1.62 bits per heavy atom. The second-order valence-electron chi connectivity index (χ2n) is 3.45. The third kappa shape index (κ3) is 3.44. The number of aliphatic hydroxyl groups is 1. The average Bonchev–Trinajstić information content (AvgIpc) is 2.47. The topological polar surface area (TPSA) is 152 Å². The fourth-order valence-electron chi connectivity index (χ4n) is 1.46. The molecule has 0 radical (unpaired) electrons. The largest absolute Gasteiger partial charge is 0.356 e. The quantitative estimate of drug-likeness (QED) is 0.455. The molecule has 1 fully saturated rings. The zero-order valence-corrected chi connectivity index (χ0v) is 10.4. The zero-order chi connectivity index (χ0) is 15.8. The van der Waals surface area contributed by atoms with E-state index in [4.69, 9.17) is 0 Å². The number of aliphatic imine (C=N–C) groups is 3. The molecule has 1 heterocycles. The summed E-state index contributed by atoms with van der Waals surface area (Å²) in [5.41, 5.74) is 0. The third-order valence-electron chi connectivity index (χ3n) is 2.36.